The average molecular weight is 247 g/mol. The highest BCUT2D eigenvalue weighted by atomic mass is 19.1. The molecule has 1 amide bonds. The Kier molecular flexibility index (Phi) is 2.55. The molecule has 1 saturated heterocycles. The molecule has 0 spiro atoms. The summed E-state index contributed by atoms with van der Waals surface area (Å²) in [4.78, 5) is 13.4. The van der Waals surface area contributed by atoms with Crippen LogP contribution in [0.5, 0.6) is 0 Å². The second-order valence-electron chi connectivity index (χ2n) is 4.16. The molecule has 6 heteroatoms. The molecule has 1 aromatic carbocycles. The van der Waals surface area contributed by atoms with Gasteiger partial charge in [0.1, 0.15) is 5.82 Å². The van der Waals surface area contributed by atoms with Gasteiger partial charge in [0.25, 0.3) is 0 Å². The maximum absolute atomic E-state index is 13.1. The number of benzene rings is 1. The summed E-state index contributed by atoms with van der Waals surface area (Å²) in [5, 5.41) is 7.41. The van der Waals surface area contributed by atoms with Gasteiger partial charge in [-0.25, -0.2) is 4.39 Å². The van der Waals surface area contributed by atoms with Gasteiger partial charge in [0, 0.05) is 18.7 Å². The van der Waals surface area contributed by atoms with E-state index in [2.05, 4.69) is 10.2 Å². The molecule has 1 fully saturated rings. The first kappa shape index (κ1) is 10.9. The van der Waals surface area contributed by atoms with Crippen LogP contribution in [0.15, 0.2) is 35.1 Å². The Morgan fingerprint density at radius 3 is 3.06 bits per heavy atom. The lowest BCUT2D eigenvalue weighted by Gasteiger charge is -2.15. The molecule has 1 aliphatic rings. The number of hydrogen-bond acceptors (Lipinski definition) is 4. The Morgan fingerprint density at radius 2 is 2.33 bits per heavy atom. The Labute approximate surface area is 102 Å². The molecule has 0 saturated carbocycles. The number of carbonyl (C=O) groups excluding carboxylic acids is 1. The summed E-state index contributed by atoms with van der Waals surface area (Å²) in [7, 11) is 0. The van der Waals surface area contributed by atoms with E-state index in [1.165, 1.54) is 23.4 Å². The first-order chi connectivity index (χ1) is 8.74. The quantitative estimate of drug-likeness (QED) is 0.810. The highest BCUT2D eigenvalue weighted by Gasteiger charge is 2.34. The maximum Gasteiger partial charge on any atom is 0.227 e. The van der Waals surface area contributed by atoms with E-state index in [4.69, 9.17) is 4.42 Å². The van der Waals surface area contributed by atoms with Gasteiger partial charge in [-0.15, -0.1) is 10.2 Å². The number of aromatic nitrogens is 2. The summed E-state index contributed by atoms with van der Waals surface area (Å²) >= 11 is 0. The molecule has 0 bridgehead atoms. The SMILES string of the molecule is O=C1CC(c2nnco2)CN1c1cccc(F)c1. The van der Waals surface area contributed by atoms with E-state index in [9.17, 15) is 9.18 Å². The normalized spacial score (nSPS) is 19.5. The molecule has 0 aliphatic carbocycles. The Bertz CT molecular complexity index is 570. The van der Waals surface area contributed by atoms with Gasteiger partial charge >= 0.3 is 0 Å². The van der Waals surface area contributed by atoms with Crippen LogP contribution in [0.2, 0.25) is 0 Å². The minimum atomic E-state index is -0.360. The molecule has 5 nitrogen and oxygen atoms in total. The number of halogens is 1. The fourth-order valence-corrected chi connectivity index (χ4v) is 2.13. The van der Waals surface area contributed by atoms with E-state index in [0.717, 1.165) is 0 Å². The molecule has 92 valence electrons. The zero-order chi connectivity index (χ0) is 12.5. The van der Waals surface area contributed by atoms with Gasteiger partial charge < -0.3 is 9.32 Å². The molecule has 18 heavy (non-hydrogen) atoms. The first-order valence-corrected chi connectivity index (χ1v) is 5.56. The van der Waals surface area contributed by atoms with Gasteiger partial charge in [-0.3, -0.25) is 4.79 Å². The van der Waals surface area contributed by atoms with Crippen molar-refractivity contribution in [1.82, 2.24) is 10.2 Å². The summed E-state index contributed by atoms with van der Waals surface area (Å²) in [5.41, 5.74) is 0.557. The summed E-state index contributed by atoms with van der Waals surface area (Å²) in [6.45, 7) is 0.435. The van der Waals surface area contributed by atoms with Gasteiger partial charge in [0.2, 0.25) is 18.2 Å². The zero-order valence-corrected chi connectivity index (χ0v) is 9.41. The van der Waals surface area contributed by atoms with Crippen LogP contribution in [0.25, 0.3) is 0 Å². The number of amides is 1. The number of rotatable bonds is 2. The lowest BCUT2D eigenvalue weighted by molar-refractivity contribution is -0.117. The van der Waals surface area contributed by atoms with E-state index in [-0.39, 0.29) is 17.6 Å². The van der Waals surface area contributed by atoms with Crippen molar-refractivity contribution in [1.29, 1.82) is 0 Å². The van der Waals surface area contributed by atoms with Crippen molar-refractivity contribution in [3.8, 4) is 0 Å². The Balaban J connectivity index is 1.85. The van der Waals surface area contributed by atoms with Crippen LogP contribution >= 0.6 is 0 Å². The van der Waals surface area contributed by atoms with Gasteiger partial charge in [-0.1, -0.05) is 6.07 Å². The topological polar surface area (TPSA) is 59.2 Å². The number of anilines is 1. The molecule has 2 heterocycles. The summed E-state index contributed by atoms with van der Waals surface area (Å²) in [6.07, 6.45) is 1.55. The summed E-state index contributed by atoms with van der Waals surface area (Å²) in [6, 6.07) is 5.97. The van der Waals surface area contributed by atoms with Crippen molar-refractivity contribution in [2.45, 2.75) is 12.3 Å². The molecule has 2 aromatic rings. The van der Waals surface area contributed by atoms with Crippen LogP contribution < -0.4 is 4.90 Å². The number of nitrogens with zero attached hydrogens (tertiary/aromatic N) is 3. The van der Waals surface area contributed by atoms with E-state index in [0.29, 0.717) is 24.5 Å². The third kappa shape index (κ3) is 1.85. The first-order valence-electron chi connectivity index (χ1n) is 5.56. The molecule has 0 radical (unpaired) electrons. The third-order valence-electron chi connectivity index (χ3n) is 2.97. The molecule has 1 unspecified atom stereocenters. The standard InChI is InChI=1S/C12H10FN3O2/c13-9-2-1-3-10(5-9)16-6-8(4-11(16)17)12-15-14-7-18-12/h1-3,5,7-8H,4,6H2. The molecule has 0 N–H and O–H groups in total. The highest BCUT2D eigenvalue weighted by Crippen LogP contribution is 2.30. The van der Waals surface area contributed by atoms with Crippen LogP contribution in [0, 0.1) is 5.82 Å². The number of hydrogen-bond donors (Lipinski definition) is 0. The third-order valence-corrected chi connectivity index (χ3v) is 2.97. The Hall–Kier alpha value is -2.24. The van der Waals surface area contributed by atoms with Crippen molar-refractivity contribution >= 4 is 11.6 Å². The minimum Gasteiger partial charge on any atom is -0.428 e. The fraction of sp³-hybridized carbons (Fsp3) is 0.250. The van der Waals surface area contributed by atoms with Gasteiger partial charge in [-0.05, 0) is 18.2 Å². The van der Waals surface area contributed by atoms with E-state index >= 15 is 0 Å². The van der Waals surface area contributed by atoms with Crippen LogP contribution in [-0.4, -0.2) is 22.6 Å². The Morgan fingerprint density at radius 1 is 1.44 bits per heavy atom. The second-order valence-corrected chi connectivity index (χ2v) is 4.16. The summed E-state index contributed by atoms with van der Waals surface area (Å²) < 4.78 is 18.2. The van der Waals surface area contributed by atoms with Crippen LogP contribution in [0.3, 0.4) is 0 Å². The van der Waals surface area contributed by atoms with E-state index in [1.807, 2.05) is 0 Å². The van der Waals surface area contributed by atoms with Gasteiger partial charge in [0.05, 0.1) is 5.92 Å². The van der Waals surface area contributed by atoms with Crippen LogP contribution in [-0.2, 0) is 4.79 Å². The largest absolute Gasteiger partial charge is 0.428 e. The van der Waals surface area contributed by atoms with Crippen LogP contribution in [0.4, 0.5) is 10.1 Å². The monoisotopic (exact) mass is 247 g/mol. The number of carbonyl (C=O) groups is 1. The summed E-state index contributed by atoms with van der Waals surface area (Å²) in [5.74, 6) is -0.101. The maximum atomic E-state index is 13.1. The van der Waals surface area contributed by atoms with Crippen molar-refractivity contribution in [2.24, 2.45) is 0 Å². The molecule has 1 aromatic heterocycles. The highest BCUT2D eigenvalue weighted by molar-refractivity contribution is 5.96. The van der Waals surface area contributed by atoms with Crippen molar-refractivity contribution < 1.29 is 13.6 Å². The molecule has 1 atom stereocenters. The molecular formula is C12H10FN3O2. The predicted molar refractivity (Wildman–Crippen MR) is 60.4 cm³/mol. The average Bonchev–Trinajstić information content (AvgIpc) is 2.97. The smallest absolute Gasteiger partial charge is 0.227 e. The van der Waals surface area contributed by atoms with Crippen LogP contribution in [0.1, 0.15) is 18.2 Å². The molecule has 1 aliphatic heterocycles. The second kappa shape index (κ2) is 4.21. The lowest BCUT2D eigenvalue weighted by atomic mass is 10.1. The molecule has 3 rings (SSSR count). The zero-order valence-electron chi connectivity index (χ0n) is 9.41. The van der Waals surface area contributed by atoms with Crippen molar-refractivity contribution in [3.05, 3.63) is 42.4 Å². The van der Waals surface area contributed by atoms with Crippen molar-refractivity contribution in [2.75, 3.05) is 11.4 Å². The minimum absolute atomic E-state index is 0.0659. The fourth-order valence-electron chi connectivity index (χ4n) is 2.13. The lowest BCUT2D eigenvalue weighted by Crippen LogP contribution is -2.24. The van der Waals surface area contributed by atoms with Gasteiger partial charge in [0.15, 0.2) is 0 Å². The van der Waals surface area contributed by atoms with E-state index in [1.54, 1.807) is 12.1 Å². The van der Waals surface area contributed by atoms with Gasteiger partial charge in [-0.2, -0.15) is 0 Å². The predicted octanol–water partition coefficient (Wildman–Crippen LogP) is 1.73. The van der Waals surface area contributed by atoms with Crippen molar-refractivity contribution in [3.63, 3.8) is 0 Å². The molecular weight excluding hydrogens is 237 g/mol. The van der Waals surface area contributed by atoms with E-state index < -0.39 is 0 Å².